The van der Waals surface area contributed by atoms with Crippen LogP contribution >= 0.6 is 12.2 Å². The maximum absolute atomic E-state index is 5.03. The first-order valence-electron chi connectivity index (χ1n) is 3.71. The minimum absolute atomic E-state index is 0.0554. The van der Waals surface area contributed by atoms with Gasteiger partial charge >= 0.3 is 0 Å². The zero-order valence-corrected chi connectivity index (χ0v) is 7.23. The third kappa shape index (κ3) is 2.83. The van der Waals surface area contributed by atoms with Crippen LogP contribution in [0.15, 0.2) is 12.2 Å². The first-order valence-corrected chi connectivity index (χ1v) is 4.51. The van der Waals surface area contributed by atoms with Crippen molar-refractivity contribution < 1.29 is 9.22 Å². The van der Waals surface area contributed by atoms with E-state index in [0.717, 1.165) is 30.6 Å². The summed E-state index contributed by atoms with van der Waals surface area (Å²) in [4.78, 5) is 4.98. The molecule has 1 atom stereocenters. The molecule has 2 N–H and O–H groups in total. The van der Waals surface area contributed by atoms with Gasteiger partial charge in [-0.15, -0.1) is 4.33 Å². The maximum Gasteiger partial charge on any atom is 0.115 e. The highest BCUT2D eigenvalue weighted by Gasteiger charge is 2.18. The van der Waals surface area contributed by atoms with Crippen LogP contribution in [0.5, 0.6) is 0 Å². The molecule has 3 nitrogen and oxygen atoms in total. The lowest BCUT2D eigenvalue weighted by Gasteiger charge is -2.22. The lowest BCUT2D eigenvalue weighted by molar-refractivity contribution is -0.224. The molecule has 64 valence electrons. The van der Waals surface area contributed by atoms with Crippen LogP contribution in [-0.4, -0.2) is 6.10 Å². The van der Waals surface area contributed by atoms with Crippen molar-refractivity contribution in [2.24, 2.45) is 5.14 Å². The molecule has 1 saturated carbocycles. The third-order valence-electron chi connectivity index (χ3n) is 1.86. The summed E-state index contributed by atoms with van der Waals surface area (Å²) in [7, 11) is 0. The Morgan fingerprint density at radius 2 is 2.36 bits per heavy atom. The Morgan fingerprint density at radius 1 is 1.55 bits per heavy atom. The Bertz CT molecular complexity index is 140. The van der Waals surface area contributed by atoms with Gasteiger partial charge in [0, 0.05) is 0 Å². The molecule has 0 amide bonds. The zero-order valence-electron chi connectivity index (χ0n) is 6.41. The summed E-state index contributed by atoms with van der Waals surface area (Å²) < 4.78 is 4.58. The van der Waals surface area contributed by atoms with Gasteiger partial charge in [0.2, 0.25) is 0 Å². The smallest absolute Gasteiger partial charge is 0.115 e. The average Bonchev–Trinajstić information content (AvgIpc) is 2.03. The van der Waals surface area contributed by atoms with E-state index in [-0.39, 0.29) is 6.10 Å². The molecule has 0 heterocycles. The van der Waals surface area contributed by atoms with Crippen LogP contribution in [0.4, 0.5) is 0 Å². The van der Waals surface area contributed by atoms with Gasteiger partial charge in [-0.05, 0) is 24.8 Å². The molecule has 1 aliphatic rings. The predicted octanol–water partition coefficient (Wildman–Crippen LogP) is 1.96. The fourth-order valence-electron chi connectivity index (χ4n) is 1.23. The standard InChI is InChI=1S/C7H13NO2S/c1-6-4-2-3-5-7(6)9-10-11-8/h7H,1-5,8H2. The summed E-state index contributed by atoms with van der Waals surface area (Å²) in [5, 5.41) is 5.03. The van der Waals surface area contributed by atoms with E-state index in [1.807, 2.05) is 0 Å². The molecule has 0 aromatic rings. The molecule has 0 spiro atoms. The lowest BCUT2D eigenvalue weighted by Crippen LogP contribution is -2.18. The Morgan fingerprint density at radius 3 is 3.00 bits per heavy atom. The van der Waals surface area contributed by atoms with Crippen molar-refractivity contribution in [1.29, 1.82) is 0 Å². The molecule has 11 heavy (non-hydrogen) atoms. The maximum atomic E-state index is 5.03. The summed E-state index contributed by atoms with van der Waals surface area (Å²) in [5.41, 5.74) is 1.12. The quantitative estimate of drug-likeness (QED) is 0.234. The normalized spacial score (nSPS) is 25.5. The second-order valence-corrected chi connectivity index (χ2v) is 2.98. The van der Waals surface area contributed by atoms with Gasteiger partial charge in [0.1, 0.15) is 18.3 Å². The molecule has 0 aliphatic heterocycles. The summed E-state index contributed by atoms with van der Waals surface area (Å²) >= 11 is 0.734. The van der Waals surface area contributed by atoms with E-state index in [1.165, 1.54) is 12.8 Å². The molecule has 0 aromatic heterocycles. The fraction of sp³-hybridized carbons (Fsp3) is 0.714. The van der Waals surface area contributed by atoms with Crippen LogP contribution in [0.2, 0.25) is 0 Å². The zero-order chi connectivity index (χ0) is 8.10. The van der Waals surface area contributed by atoms with Gasteiger partial charge in [0.05, 0.1) is 0 Å². The van der Waals surface area contributed by atoms with E-state index in [0.29, 0.717) is 0 Å². The fourth-order valence-corrected chi connectivity index (χ4v) is 1.37. The van der Waals surface area contributed by atoms with Crippen molar-refractivity contribution in [3.63, 3.8) is 0 Å². The molecule has 1 unspecified atom stereocenters. The van der Waals surface area contributed by atoms with Crippen LogP contribution in [0.25, 0.3) is 0 Å². The van der Waals surface area contributed by atoms with Gasteiger partial charge in [-0.25, -0.2) is 4.89 Å². The Balaban J connectivity index is 2.24. The summed E-state index contributed by atoms with van der Waals surface area (Å²) in [6.45, 7) is 3.89. The predicted molar refractivity (Wildman–Crippen MR) is 45.3 cm³/mol. The van der Waals surface area contributed by atoms with E-state index in [9.17, 15) is 0 Å². The number of nitrogens with two attached hydrogens (primary N) is 1. The van der Waals surface area contributed by atoms with Gasteiger partial charge in [0.25, 0.3) is 0 Å². The summed E-state index contributed by atoms with van der Waals surface area (Å²) in [6, 6.07) is 0. The third-order valence-corrected chi connectivity index (χ3v) is 2.02. The van der Waals surface area contributed by atoms with E-state index >= 15 is 0 Å². The second-order valence-electron chi connectivity index (χ2n) is 2.65. The topological polar surface area (TPSA) is 44.5 Å². The average molecular weight is 175 g/mol. The van der Waals surface area contributed by atoms with E-state index in [1.54, 1.807) is 0 Å². The molecule has 4 heteroatoms. The summed E-state index contributed by atoms with van der Waals surface area (Å²) in [6.07, 6.45) is 4.50. The Kier molecular flexibility index (Phi) is 3.93. The first kappa shape index (κ1) is 9.06. The minimum atomic E-state index is 0.0554. The van der Waals surface area contributed by atoms with Crippen LogP contribution < -0.4 is 5.14 Å². The van der Waals surface area contributed by atoms with E-state index in [2.05, 4.69) is 10.9 Å². The highest BCUT2D eigenvalue weighted by molar-refractivity contribution is 7.92. The number of hydrogen-bond donors (Lipinski definition) is 1. The van der Waals surface area contributed by atoms with Gasteiger partial charge in [-0.2, -0.15) is 0 Å². The lowest BCUT2D eigenvalue weighted by atomic mass is 9.94. The summed E-state index contributed by atoms with van der Waals surface area (Å²) in [5.74, 6) is 0. The van der Waals surface area contributed by atoms with Crippen molar-refractivity contribution >= 4 is 12.2 Å². The highest BCUT2D eigenvalue weighted by Crippen LogP contribution is 2.25. The van der Waals surface area contributed by atoms with Crippen LogP contribution in [-0.2, 0) is 9.22 Å². The van der Waals surface area contributed by atoms with E-state index in [4.69, 9.17) is 10.0 Å². The molecule has 0 radical (unpaired) electrons. The minimum Gasteiger partial charge on any atom is -0.251 e. The molecule has 1 rings (SSSR count). The van der Waals surface area contributed by atoms with Gasteiger partial charge < -0.3 is 0 Å². The molecule has 0 saturated heterocycles. The first-order chi connectivity index (χ1) is 5.34. The second kappa shape index (κ2) is 4.77. The van der Waals surface area contributed by atoms with Crippen molar-refractivity contribution in [2.45, 2.75) is 31.8 Å². The molecular weight excluding hydrogens is 162 g/mol. The Hall–Kier alpha value is -0.0300. The van der Waals surface area contributed by atoms with Gasteiger partial charge in [0.15, 0.2) is 0 Å². The molecule has 0 bridgehead atoms. The molecule has 1 fully saturated rings. The monoisotopic (exact) mass is 175 g/mol. The van der Waals surface area contributed by atoms with E-state index < -0.39 is 0 Å². The highest BCUT2D eigenvalue weighted by atomic mass is 32.2. The molecule has 0 aromatic carbocycles. The van der Waals surface area contributed by atoms with Crippen LogP contribution in [0.1, 0.15) is 25.7 Å². The SMILES string of the molecule is C=C1CCCCC1OOSN. The number of hydrogen-bond acceptors (Lipinski definition) is 4. The van der Waals surface area contributed by atoms with Crippen molar-refractivity contribution in [3.8, 4) is 0 Å². The van der Waals surface area contributed by atoms with Crippen molar-refractivity contribution in [1.82, 2.24) is 0 Å². The largest absolute Gasteiger partial charge is 0.251 e. The molecule has 1 aliphatic carbocycles. The van der Waals surface area contributed by atoms with Gasteiger partial charge in [-0.3, -0.25) is 5.14 Å². The van der Waals surface area contributed by atoms with Crippen LogP contribution in [0.3, 0.4) is 0 Å². The Labute approximate surface area is 71.2 Å². The van der Waals surface area contributed by atoms with Crippen molar-refractivity contribution in [2.75, 3.05) is 0 Å². The van der Waals surface area contributed by atoms with Crippen LogP contribution in [0, 0.1) is 0 Å². The molecular formula is C7H13NO2S. The van der Waals surface area contributed by atoms with Crippen molar-refractivity contribution in [3.05, 3.63) is 12.2 Å². The van der Waals surface area contributed by atoms with Gasteiger partial charge in [-0.1, -0.05) is 13.0 Å². The number of rotatable bonds is 3.